The van der Waals surface area contributed by atoms with Crippen LogP contribution in [-0.4, -0.2) is 17.2 Å². The molecule has 1 heterocycles. The maximum Gasteiger partial charge on any atom is 0.0535 e. The van der Waals surface area contributed by atoms with E-state index in [1.807, 2.05) is 0 Å². The van der Waals surface area contributed by atoms with E-state index in [1.54, 1.807) is 0 Å². The van der Waals surface area contributed by atoms with Crippen LogP contribution in [0.4, 0.5) is 0 Å². The van der Waals surface area contributed by atoms with Crippen LogP contribution < -0.4 is 5.32 Å². The molecular weight excluding hydrogens is 214 g/mol. The van der Waals surface area contributed by atoms with Gasteiger partial charge >= 0.3 is 0 Å². The summed E-state index contributed by atoms with van der Waals surface area (Å²) in [6.07, 6.45) is 12.7. The van der Waals surface area contributed by atoms with Crippen LogP contribution in [0.15, 0.2) is 0 Å². The zero-order valence-corrected chi connectivity index (χ0v) is 12.0. The molecule has 2 atom stereocenters. The van der Waals surface area contributed by atoms with Gasteiger partial charge in [0.15, 0.2) is 0 Å². The Labute approximate surface area is 106 Å². The Morgan fingerprint density at radius 1 is 1.00 bits per heavy atom. The quantitative estimate of drug-likeness (QED) is 0.595. The second-order valence-corrected chi connectivity index (χ2v) is 6.24. The predicted octanol–water partition coefficient (Wildman–Crippen LogP) is 4.57. The molecule has 1 aliphatic heterocycles. The average molecular weight is 243 g/mol. The molecule has 96 valence electrons. The van der Waals surface area contributed by atoms with E-state index in [0.717, 1.165) is 11.4 Å². The van der Waals surface area contributed by atoms with Gasteiger partial charge in [0, 0.05) is 11.8 Å². The first-order chi connectivity index (χ1) is 7.86. The molecule has 0 aromatic heterocycles. The van der Waals surface area contributed by atoms with Crippen molar-refractivity contribution < 1.29 is 0 Å². The Kier molecular flexibility index (Phi) is 8.40. The highest BCUT2D eigenvalue weighted by Gasteiger charge is 2.21. The lowest BCUT2D eigenvalue weighted by atomic mass is 10.1. The van der Waals surface area contributed by atoms with E-state index in [1.165, 1.54) is 63.5 Å². The largest absolute Gasteiger partial charge is 0.302 e. The summed E-state index contributed by atoms with van der Waals surface area (Å²) in [4.78, 5) is 0. The van der Waals surface area contributed by atoms with Gasteiger partial charge in [0.1, 0.15) is 0 Å². The maximum atomic E-state index is 3.71. The molecular formula is C14H29NS. The molecule has 0 aliphatic carbocycles. The van der Waals surface area contributed by atoms with E-state index in [-0.39, 0.29) is 0 Å². The molecule has 1 nitrogen and oxygen atoms in total. The molecule has 16 heavy (non-hydrogen) atoms. The molecule has 1 saturated heterocycles. The third-order valence-electron chi connectivity index (χ3n) is 3.48. The summed E-state index contributed by atoms with van der Waals surface area (Å²) in [7, 11) is 0. The number of unbranched alkanes of at least 4 members (excludes halogenated alkanes) is 6. The monoisotopic (exact) mass is 243 g/mol. The van der Waals surface area contributed by atoms with Crippen LogP contribution in [0.25, 0.3) is 0 Å². The van der Waals surface area contributed by atoms with Crippen LogP contribution in [0.5, 0.6) is 0 Å². The first-order valence-electron chi connectivity index (χ1n) is 7.24. The molecule has 0 radical (unpaired) electrons. The van der Waals surface area contributed by atoms with Crippen LogP contribution in [0.3, 0.4) is 0 Å². The normalized spacial score (nSPS) is 25.1. The van der Waals surface area contributed by atoms with Crippen LogP contribution in [0, 0.1) is 0 Å². The van der Waals surface area contributed by atoms with Crippen LogP contribution in [0.2, 0.25) is 0 Å². The Morgan fingerprint density at radius 3 is 2.31 bits per heavy atom. The fourth-order valence-corrected chi connectivity index (χ4v) is 3.70. The number of hydrogen-bond acceptors (Lipinski definition) is 2. The van der Waals surface area contributed by atoms with Gasteiger partial charge in [-0.1, -0.05) is 58.8 Å². The summed E-state index contributed by atoms with van der Waals surface area (Å²) < 4.78 is 0. The molecule has 0 saturated carbocycles. The predicted molar refractivity (Wildman–Crippen MR) is 76.1 cm³/mol. The van der Waals surface area contributed by atoms with Gasteiger partial charge in [-0.05, 0) is 12.8 Å². The summed E-state index contributed by atoms with van der Waals surface area (Å²) >= 11 is 2.14. The maximum absolute atomic E-state index is 3.71. The molecule has 2 heteroatoms. The zero-order valence-electron chi connectivity index (χ0n) is 11.1. The molecule has 1 N–H and O–H groups in total. The summed E-state index contributed by atoms with van der Waals surface area (Å²) in [6, 6.07) is 0.791. The van der Waals surface area contributed by atoms with Crippen molar-refractivity contribution in [1.82, 2.24) is 5.32 Å². The summed E-state index contributed by atoms with van der Waals surface area (Å²) in [5.41, 5.74) is 0. The van der Waals surface area contributed by atoms with Crippen molar-refractivity contribution in [3.63, 3.8) is 0 Å². The highest BCUT2D eigenvalue weighted by Crippen LogP contribution is 2.24. The molecule has 0 aromatic rings. The standard InChI is InChI=1S/C14H29NS/c1-3-5-6-7-8-9-10-11-14-15-13(4-2)12-16-14/h13-15H,3-12H2,1-2H3. The smallest absolute Gasteiger partial charge is 0.0535 e. The number of thioether (sulfide) groups is 1. The van der Waals surface area contributed by atoms with Crippen LogP contribution in [-0.2, 0) is 0 Å². The number of hydrogen-bond donors (Lipinski definition) is 1. The summed E-state index contributed by atoms with van der Waals surface area (Å²) in [5, 5.41) is 4.48. The van der Waals surface area contributed by atoms with Crippen molar-refractivity contribution in [3.8, 4) is 0 Å². The third-order valence-corrected chi connectivity index (χ3v) is 4.85. The first kappa shape index (κ1) is 14.4. The van der Waals surface area contributed by atoms with E-state index in [4.69, 9.17) is 0 Å². The molecule has 0 aromatic carbocycles. The van der Waals surface area contributed by atoms with Gasteiger partial charge in [0.05, 0.1) is 5.37 Å². The molecule has 0 spiro atoms. The van der Waals surface area contributed by atoms with Gasteiger partial charge in [-0.2, -0.15) is 0 Å². The van der Waals surface area contributed by atoms with Crippen molar-refractivity contribution in [1.29, 1.82) is 0 Å². The van der Waals surface area contributed by atoms with Crippen molar-refractivity contribution in [2.75, 3.05) is 5.75 Å². The van der Waals surface area contributed by atoms with Crippen molar-refractivity contribution in [2.45, 2.75) is 83.1 Å². The number of rotatable bonds is 9. The molecule has 1 rings (SSSR count). The van der Waals surface area contributed by atoms with E-state index in [0.29, 0.717) is 0 Å². The lowest BCUT2D eigenvalue weighted by molar-refractivity contribution is 0.504. The Hall–Kier alpha value is 0.310. The van der Waals surface area contributed by atoms with Gasteiger partial charge in [-0.15, -0.1) is 11.8 Å². The van der Waals surface area contributed by atoms with Crippen LogP contribution >= 0.6 is 11.8 Å². The van der Waals surface area contributed by atoms with Gasteiger partial charge in [-0.25, -0.2) is 0 Å². The summed E-state index contributed by atoms with van der Waals surface area (Å²) in [6.45, 7) is 4.57. The molecule has 0 amide bonds. The minimum atomic E-state index is 0.764. The fourth-order valence-electron chi connectivity index (χ4n) is 2.28. The first-order valence-corrected chi connectivity index (χ1v) is 8.29. The zero-order chi connectivity index (χ0) is 11.6. The second-order valence-electron chi connectivity index (χ2n) is 5.00. The van der Waals surface area contributed by atoms with Crippen molar-refractivity contribution >= 4 is 11.8 Å². The highest BCUT2D eigenvalue weighted by molar-refractivity contribution is 8.00. The second kappa shape index (κ2) is 9.35. The van der Waals surface area contributed by atoms with Crippen molar-refractivity contribution in [3.05, 3.63) is 0 Å². The molecule has 0 bridgehead atoms. The number of nitrogens with one attached hydrogen (secondary N) is 1. The van der Waals surface area contributed by atoms with Gasteiger partial charge in [0.25, 0.3) is 0 Å². The lowest BCUT2D eigenvalue weighted by Crippen LogP contribution is -2.28. The SMILES string of the molecule is CCCCCCCCCC1NC(CC)CS1. The highest BCUT2D eigenvalue weighted by atomic mass is 32.2. The minimum absolute atomic E-state index is 0.764. The van der Waals surface area contributed by atoms with Gasteiger partial charge in [-0.3, -0.25) is 0 Å². The van der Waals surface area contributed by atoms with Gasteiger partial charge < -0.3 is 5.32 Å². The molecule has 2 unspecified atom stereocenters. The average Bonchev–Trinajstić information content (AvgIpc) is 2.76. The Balaban J connectivity index is 1.84. The van der Waals surface area contributed by atoms with Gasteiger partial charge in [0.2, 0.25) is 0 Å². The van der Waals surface area contributed by atoms with Crippen LogP contribution in [0.1, 0.15) is 71.6 Å². The third kappa shape index (κ3) is 6.15. The molecule has 1 aliphatic rings. The van der Waals surface area contributed by atoms with E-state index >= 15 is 0 Å². The Morgan fingerprint density at radius 2 is 1.69 bits per heavy atom. The Bertz CT molecular complexity index is 161. The van der Waals surface area contributed by atoms with Crippen molar-refractivity contribution in [2.24, 2.45) is 0 Å². The van der Waals surface area contributed by atoms with E-state index in [2.05, 4.69) is 30.9 Å². The lowest BCUT2D eigenvalue weighted by Gasteiger charge is -2.11. The van der Waals surface area contributed by atoms with E-state index < -0.39 is 0 Å². The summed E-state index contributed by atoms with van der Waals surface area (Å²) in [5.74, 6) is 1.33. The minimum Gasteiger partial charge on any atom is -0.302 e. The fraction of sp³-hybridized carbons (Fsp3) is 1.00. The topological polar surface area (TPSA) is 12.0 Å². The molecule has 1 fully saturated rings. The van der Waals surface area contributed by atoms with E-state index in [9.17, 15) is 0 Å².